The second-order valence-electron chi connectivity index (χ2n) is 5.23. The molecule has 1 aromatic heterocycles. The van der Waals surface area contributed by atoms with Gasteiger partial charge in [-0.15, -0.1) is 10.2 Å². The average molecular weight is 251 g/mol. The summed E-state index contributed by atoms with van der Waals surface area (Å²) in [6.45, 7) is 3.29. The third-order valence-electron chi connectivity index (χ3n) is 3.33. The highest BCUT2D eigenvalue weighted by molar-refractivity contribution is 4.84. The van der Waals surface area contributed by atoms with E-state index in [1.807, 2.05) is 0 Å². The highest BCUT2D eigenvalue weighted by Gasteiger charge is 2.19. The first kappa shape index (κ1) is 13.5. The van der Waals surface area contributed by atoms with Gasteiger partial charge in [0.05, 0.1) is 0 Å². The van der Waals surface area contributed by atoms with Crippen molar-refractivity contribution in [1.82, 2.24) is 15.5 Å². The first-order valence-corrected chi connectivity index (χ1v) is 7.43. The zero-order chi connectivity index (χ0) is 12.6. The van der Waals surface area contributed by atoms with E-state index in [1.165, 1.54) is 38.5 Å². The summed E-state index contributed by atoms with van der Waals surface area (Å²) in [6.07, 6.45) is 10.6. The number of aryl methyl sites for hydroxylation is 2. The molecule has 4 heteroatoms. The molecule has 102 valence electrons. The lowest BCUT2D eigenvalue weighted by Gasteiger charge is -1.99. The van der Waals surface area contributed by atoms with Gasteiger partial charge in [-0.2, -0.15) is 0 Å². The van der Waals surface area contributed by atoms with Crippen molar-refractivity contribution in [1.29, 1.82) is 0 Å². The molecule has 0 amide bonds. The van der Waals surface area contributed by atoms with Gasteiger partial charge in [0.25, 0.3) is 0 Å². The molecule has 1 saturated carbocycles. The molecule has 0 saturated heterocycles. The van der Waals surface area contributed by atoms with E-state index < -0.39 is 0 Å². The van der Waals surface area contributed by atoms with E-state index in [4.69, 9.17) is 4.42 Å². The summed E-state index contributed by atoms with van der Waals surface area (Å²) in [5.74, 6) is 1.62. The lowest BCUT2D eigenvalue weighted by Crippen LogP contribution is -2.17. The molecule has 1 heterocycles. The summed E-state index contributed by atoms with van der Waals surface area (Å²) in [5, 5.41) is 11.7. The fraction of sp³-hybridized carbons (Fsp3) is 0.857. The second kappa shape index (κ2) is 7.52. The number of rotatable bonds is 10. The van der Waals surface area contributed by atoms with Crippen LogP contribution in [0.1, 0.15) is 63.7 Å². The maximum absolute atomic E-state index is 5.64. The second-order valence-corrected chi connectivity index (χ2v) is 5.23. The molecule has 0 radical (unpaired) electrons. The van der Waals surface area contributed by atoms with Crippen molar-refractivity contribution in [3.8, 4) is 0 Å². The van der Waals surface area contributed by atoms with Crippen molar-refractivity contribution >= 4 is 0 Å². The summed E-state index contributed by atoms with van der Waals surface area (Å²) in [7, 11) is 0. The molecule has 4 nitrogen and oxygen atoms in total. The Bertz CT molecular complexity index is 334. The number of hydrogen-bond donors (Lipinski definition) is 1. The van der Waals surface area contributed by atoms with Gasteiger partial charge in [-0.25, -0.2) is 0 Å². The molecule has 1 aliphatic rings. The highest BCUT2D eigenvalue weighted by Crippen LogP contribution is 2.18. The van der Waals surface area contributed by atoms with Crippen molar-refractivity contribution in [2.45, 2.75) is 70.8 Å². The Labute approximate surface area is 110 Å². The average Bonchev–Trinajstić information content (AvgIpc) is 3.10. The van der Waals surface area contributed by atoms with Gasteiger partial charge in [0.15, 0.2) is 0 Å². The SMILES string of the molecule is CCCCCCc1nnc(CCCNC2CC2)o1. The molecule has 0 aromatic carbocycles. The van der Waals surface area contributed by atoms with Crippen LogP contribution in [0.4, 0.5) is 0 Å². The van der Waals surface area contributed by atoms with Gasteiger partial charge in [-0.05, 0) is 32.2 Å². The minimum atomic E-state index is 0.793. The molecule has 0 bridgehead atoms. The molecule has 0 unspecified atom stereocenters. The van der Waals surface area contributed by atoms with Crippen molar-refractivity contribution in [2.24, 2.45) is 0 Å². The molecule has 2 rings (SSSR count). The monoisotopic (exact) mass is 251 g/mol. The van der Waals surface area contributed by atoms with E-state index in [1.54, 1.807) is 0 Å². The van der Waals surface area contributed by atoms with Gasteiger partial charge in [0.2, 0.25) is 11.8 Å². The van der Waals surface area contributed by atoms with Crippen molar-refractivity contribution in [3.63, 3.8) is 0 Å². The minimum absolute atomic E-state index is 0.793. The van der Waals surface area contributed by atoms with Gasteiger partial charge in [0, 0.05) is 18.9 Å². The maximum atomic E-state index is 5.64. The van der Waals surface area contributed by atoms with Gasteiger partial charge in [-0.3, -0.25) is 0 Å². The van der Waals surface area contributed by atoms with Crippen LogP contribution < -0.4 is 5.32 Å². The van der Waals surface area contributed by atoms with Crippen LogP contribution in [0.2, 0.25) is 0 Å². The predicted molar refractivity (Wildman–Crippen MR) is 71.5 cm³/mol. The number of nitrogens with one attached hydrogen (secondary N) is 1. The first-order valence-electron chi connectivity index (χ1n) is 7.43. The number of unbranched alkanes of at least 4 members (excludes halogenated alkanes) is 3. The van der Waals surface area contributed by atoms with E-state index in [2.05, 4.69) is 22.4 Å². The molecule has 0 aliphatic heterocycles. The number of aromatic nitrogens is 2. The summed E-state index contributed by atoms with van der Waals surface area (Å²) in [4.78, 5) is 0. The van der Waals surface area contributed by atoms with Crippen molar-refractivity contribution < 1.29 is 4.42 Å². The maximum Gasteiger partial charge on any atom is 0.216 e. The summed E-state index contributed by atoms with van der Waals surface area (Å²) >= 11 is 0. The normalized spacial score (nSPS) is 15.2. The fourth-order valence-electron chi connectivity index (χ4n) is 2.03. The molecule has 1 aliphatic carbocycles. The Balaban J connectivity index is 1.56. The Hall–Kier alpha value is -0.900. The van der Waals surface area contributed by atoms with E-state index in [-0.39, 0.29) is 0 Å². The van der Waals surface area contributed by atoms with Crippen LogP contribution in [0.15, 0.2) is 4.42 Å². The van der Waals surface area contributed by atoms with Crippen LogP contribution >= 0.6 is 0 Å². The molecule has 18 heavy (non-hydrogen) atoms. The van der Waals surface area contributed by atoms with Crippen LogP contribution in [0.25, 0.3) is 0 Å². The quantitative estimate of drug-likeness (QED) is 0.650. The third-order valence-corrected chi connectivity index (χ3v) is 3.33. The Morgan fingerprint density at radius 2 is 1.78 bits per heavy atom. The van der Waals surface area contributed by atoms with Crippen LogP contribution in [0.5, 0.6) is 0 Å². The van der Waals surface area contributed by atoms with Crippen LogP contribution in [0, 0.1) is 0 Å². The molecule has 1 aromatic rings. The molecule has 1 fully saturated rings. The van der Waals surface area contributed by atoms with Gasteiger partial charge in [-0.1, -0.05) is 26.2 Å². The predicted octanol–water partition coefficient (Wildman–Crippen LogP) is 2.88. The number of hydrogen-bond acceptors (Lipinski definition) is 4. The lowest BCUT2D eigenvalue weighted by molar-refractivity contribution is 0.434. The first-order chi connectivity index (χ1) is 8.88. The van der Waals surface area contributed by atoms with E-state index >= 15 is 0 Å². The smallest absolute Gasteiger partial charge is 0.216 e. The Kier molecular flexibility index (Phi) is 5.65. The van der Waals surface area contributed by atoms with Gasteiger partial charge >= 0.3 is 0 Å². The van der Waals surface area contributed by atoms with Crippen molar-refractivity contribution in [2.75, 3.05) is 6.54 Å². The minimum Gasteiger partial charge on any atom is -0.425 e. The van der Waals surface area contributed by atoms with Gasteiger partial charge in [0.1, 0.15) is 0 Å². The molecule has 0 atom stereocenters. The van der Waals surface area contributed by atoms with Crippen LogP contribution in [-0.4, -0.2) is 22.8 Å². The Morgan fingerprint density at radius 1 is 1.06 bits per heavy atom. The molecular formula is C14H25N3O. The zero-order valence-electron chi connectivity index (χ0n) is 11.5. The fourth-order valence-corrected chi connectivity index (χ4v) is 2.03. The molecular weight excluding hydrogens is 226 g/mol. The van der Waals surface area contributed by atoms with E-state index in [9.17, 15) is 0 Å². The summed E-state index contributed by atoms with van der Waals surface area (Å²) in [5.41, 5.74) is 0. The largest absolute Gasteiger partial charge is 0.425 e. The zero-order valence-corrected chi connectivity index (χ0v) is 11.5. The Morgan fingerprint density at radius 3 is 2.44 bits per heavy atom. The van der Waals surface area contributed by atoms with E-state index in [0.29, 0.717) is 0 Å². The lowest BCUT2D eigenvalue weighted by atomic mass is 10.1. The standard InChI is InChI=1S/C14H25N3O/c1-2-3-4-5-7-13-16-17-14(18-13)8-6-11-15-12-9-10-12/h12,15H,2-11H2,1H3. The number of nitrogens with zero attached hydrogens (tertiary/aromatic N) is 2. The topological polar surface area (TPSA) is 51.0 Å². The molecule has 1 N–H and O–H groups in total. The van der Waals surface area contributed by atoms with Crippen LogP contribution in [0.3, 0.4) is 0 Å². The van der Waals surface area contributed by atoms with Gasteiger partial charge < -0.3 is 9.73 Å². The highest BCUT2D eigenvalue weighted by atomic mass is 16.4. The summed E-state index contributed by atoms with van der Waals surface area (Å²) in [6, 6.07) is 0.793. The summed E-state index contributed by atoms with van der Waals surface area (Å²) < 4.78 is 5.64. The van der Waals surface area contributed by atoms with Crippen LogP contribution in [-0.2, 0) is 12.8 Å². The molecule has 0 spiro atoms. The third kappa shape index (κ3) is 5.17. The van der Waals surface area contributed by atoms with E-state index in [0.717, 1.165) is 43.6 Å². The van der Waals surface area contributed by atoms with Crippen molar-refractivity contribution in [3.05, 3.63) is 11.8 Å².